The Kier molecular flexibility index (Phi) is 6.23. The van der Waals surface area contributed by atoms with Gasteiger partial charge in [0.15, 0.2) is 0 Å². The second-order valence-electron chi connectivity index (χ2n) is 6.70. The van der Waals surface area contributed by atoms with Crippen molar-refractivity contribution in [3.8, 4) is 0 Å². The van der Waals surface area contributed by atoms with Gasteiger partial charge in [-0.05, 0) is 31.9 Å². The molecular weight excluding hydrogens is 306 g/mol. The normalized spacial score (nSPS) is 21.8. The van der Waals surface area contributed by atoms with E-state index in [1.165, 1.54) is 5.56 Å². The molecule has 1 amide bonds. The summed E-state index contributed by atoms with van der Waals surface area (Å²) in [5, 5.41) is 6.84. The van der Waals surface area contributed by atoms with Crippen LogP contribution in [0.1, 0.15) is 18.9 Å². The summed E-state index contributed by atoms with van der Waals surface area (Å²) >= 11 is 0. The van der Waals surface area contributed by atoms with E-state index in [9.17, 15) is 4.79 Å². The molecule has 0 bridgehead atoms. The number of hydrogen-bond donors (Lipinski definition) is 1. The number of amides is 1. The molecule has 1 N–H and O–H groups in total. The number of morpholine rings is 1. The molecule has 2 aliphatic rings. The van der Waals surface area contributed by atoms with Crippen molar-refractivity contribution in [3.05, 3.63) is 18.0 Å². The highest BCUT2D eigenvalue weighted by Gasteiger charge is 2.29. The monoisotopic (exact) mass is 335 g/mol. The minimum Gasteiger partial charge on any atom is -0.378 e. The summed E-state index contributed by atoms with van der Waals surface area (Å²) in [6.45, 7) is 10.0. The first-order valence-electron chi connectivity index (χ1n) is 9.04. The standard InChI is InChI=1S/C17H29N5O2/c1-15(17(23)22-9-11-24-12-10-22)21-7-5-20(6-8-21)4-2-3-16-13-18-19-14-16/h13-15H,2-12H2,1H3,(H,18,19)/t15-/m0/s1. The van der Waals surface area contributed by atoms with E-state index in [1.807, 2.05) is 24.2 Å². The average molecular weight is 335 g/mol. The van der Waals surface area contributed by atoms with Gasteiger partial charge < -0.3 is 14.5 Å². The van der Waals surface area contributed by atoms with E-state index in [0.717, 1.165) is 58.7 Å². The lowest BCUT2D eigenvalue weighted by Gasteiger charge is -2.39. The zero-order chi connectivity index (χ0) is 16.8. The number of nitrogens with one attached hydrogen (secondary N) is 1. The molecule has 2 fully saturated rings. The van der Waals surface area contributed by atoms with Crippen LogP contribution in [0.15, 0.2) is 12.4 Å². The third kappa shape index (κ3) is 4.55. The maximum absolute atomic E-state index is 12.6. The number of aromatic nitrogens is 2. The number of nitrogens with zero attached hydrogens (tertiary/aromatic N) is 4. The van der Waals surface area contributed by atoms with E-state index >= 15 is 0 Å². The highest BCUT2D eigenvalue weighted by molar-refractivity contribution is 5.81. The Hall–Kier alpha value is -1.44. The van der Waals surface area contributed by atoms with Crippen LogP contribution in [0.5, 0.6) is 0 Å². The van der Waals surface area contributed by atoms with Crippen molar-refractivity contribution in [3.63, 3.8) is 0 Å². The summed E-state index contributed by atoms with van der Waals surface area (Å²) in [5.74, 6) is 0.256. The van der Waals surface area contributed by atoms with Crippen molar-refractivity contribution >= 4 is 5.91 Å². The number of aromatic amines is 1. The highest BCUT2D eigenvalue weighted by atomic mass is 16.5. The predicted octanol–water partition coefficient (Wildman–Crippen LogP) is 0.207. The van der Waals surface area contributed by atoms with Gasteiger partial charge in [-0.2, -0.15) is 5.10 Å². The van der Waals surface area contributed by atoms with Crippen molar-refractivity contribution in [2.75, 3.05) is 59.0 Å². The molecule has 0 saturated carbocycles. The van der Waals surface area contributed by atoms with E-state index in [-0.39, 0.29) is 11.9 Å². The Morgan fingerprint density at radius 3 is 2.67 bits per heavy atom. The largest absolute Gasteiger partial charge is 0.378 e. The summed E-state index contributed by atoms with van der Waals surface area (Å²) < 4.78 is 5.33. The molecule has 7 nitrogen and oxygen atoms in total. The lowest BCUT2D eigenvalue weighted by molar-refractivity contribution is -0.141. The Morgan fingerprint density at radius 2 is 2.00 bits per heavy atom. The fourth-order valence-corrected chi connectivity index (χ4v) is 3.50. The third-order valence-electron chi connectivity index (χ3n) is 5.13. The summed E-state index contributed by atoms with van der Waals surface area (Å²) in [4.78, 5) is 19.4. The average Bonchev–Trinajstić information content (AvgIpc) is 3.15. The molecule has 1 aromatic heterocycles. The van der Waals surface area contributed by atoms with Gasteiger partial charge in [-0.3, -0.25) is 14.8 Å². The summed E-state index contributed by atoms with van der Waals surface area (Å²) in [6, 6.07) is -0.0174. The van der Waals surface area contributed by atoms with E-state index < -0.39 is 0 Å². The first-order chi connectivity index (χ1) is 11.7. The van der Waals surface area contributed by atoms with Gasteiger partial charge in [0.25, 0.3) is 0 Å². The molecule has 3 rings (SSSR count). The van der Waals surface area contributed by atoms with Gasteiger partial charge in [0, 0.05) is 45.5 Å². The fraction of sp³-hybridized carbons (Fsp3) is 0.765. The molecule has 3 heterocycles. The minimum atomic E-state index is -0.0174. The molecule has 0 aliphatic carbocycles. The number of piperazine rings is 1. The number of carbonyl (C=O) groups is 1. The molecule has 1 aromatic rings. The van der Waals surface area contributed by atoms with Gasteiger partial charge in [0.05, 0.1) is 25.5 Å². The molecule has 0 radical (unpaired) electrons. The number of rotatable bonds is 6. The lowest BCUT2D eigenvalue weighted by Crippen LogP contribution is -2.55. The first-order valence-corrected chi connectivity index (χ1v) is 9.04. The lowest BCUT2D eigenvalue weighted by atomic mass is 10.1. The van der Waals surface area contributed by atoms with Crippen LogP contribution in [0, 0.1) is 0 Å². The second kappa shape index (κ2) is 8.60. The van der Waals surface area contributed by atoms with Crippen molar-refractivity contribution in [2.24, 2.45) is 0 Å². The van der Waals surface area contributed by atoms with Crippen molar-refractivity contribution in [2.45, 2.75) is 25.8 Å². The van der Waals surface area contributed by atoms with Gasteiger partial charge in [0.1, 0.15) is 0 Å². The van der Waals surface area contributed by atoms with Gasteiger partial charge >= 0.3 is 0 Å². The summed E-state index contributed by atoms with van der Waals surface area (Å²) in [7, 11) is 0. The van der Waals surface area contributed by atoms with Crippen LogP contribution in [-0.2, 0) is 16.0 Å². The number of H-pyrrole nitrogens is 1. The Morgan fingerprint density at radius 1 is 1.25 bits per heavy atom. The second-order valence-corrected chi connectivity index (χ2v) is 6.70. The smallest absolute Gasteiger partial charge is 0.239 e. The van der Waals surface area contributed by atoms with E-state index in [1.54, 1.807) is 0 Å². The van der Waals surface area contributed by atoms with Crippen LogP contribution in [-0.4, -0.2) is 95.9 Å². The molecule has 2 aliphatic heterocycles. The van der Waals surface area contributed by atoms with Gasteiger partial charge in [-0.1, -0.05) is 0 Å². The molecule has 0 spiro atoms. The number of hydrogen-bond acceptors (Lipinski definition) is 5. The molecule has 2 saturated heterocycles. The molecular formula is C17H29N5O2. The molecule has 7 heteroatoms. The van der Waals surface area contributed by atoms with Crippen LogP contribution < -0.4 is 0 Å². The van der Waals surface area contributed by atoms with E-state index in [0.29, 0.717) is 13.2 Å². The van der Waals surface area contributed by atoms with Gasteiger partial charge in [-0.25, -0.2) is 0 Å². The maximum Gasteiger partial charge on any atom is 0.239 e. The van der Waals surface area contributed by atoms with E-state index in [2.05, 4.69) is 20.0 Å². The number of ether oxygens (including phenoxy) is 1. The minimum absolute atomic E-state index is 0.0174. The van der Waals surface area contributed by atoms with Crippen LogP contribution in [0.3, 0.4) is 0 Å². The zero-order valence-electron chi connectivity index (χ0n) is 14.6. The first kappa shape index (κ1) is 17.4. The maximum atomic E-state index is 12.6. The van der Waals surface area contributed by atoms with Crippen molar-refractivity contribution in [1.29, 1.82) is 0 Å². The number of aryl methyl sites for hydroxylation is 1. The predicted molar refractivity (Wildman–Crippen MR) is 91.8 cm³/mol. The SMILES string of the molecule is C[C@@H](C(=O)N1CCOCC1)N1CCN(CCCc2cn[nH]c2)CC1. The fourth-order valence-electron chi connectivity index (χ4n) is 3.50. The molecule has 1 atom stereocenters. The quantitative estimate of drug-likeness (QED) is 0.805. The zero-order valence-corrected chi connectivity index (χ0v) is 14.6. The molecule has 0 unspecified atom stereocenters. The van der Waals surface area contributed by atoms with Crippen LogP contribution in [0.4, 0.5) is 0 Å². The van der Waals surface area contributed by atoms with Crippen molar-refractivity contribution < 1.29 is 9.53 Å². The number of carbonyl (C=O) groups excluding carboxylic acids is 1. The molecule has 24 heavy (non-hydrogen) atoms. The molecule has 134 valence electrons. The Labute approximate surface area is 143 Å². The van der Waals surface area contributed by atoms with Gasteiger partial charge in [0.2, 0.25) is 5.91 Å². The molecule has 0 aromatic carbocycles. The Balaban J connectivity index is 1.37. The summed E-state index contributed by atoms with van der Waals surface area (Å²) in [5.41, 5.74) is 1.28. The van der Waals surface area contributed by atoms with Gasteiger partial charge in [-0.15, -0.1) is 0 Å². The van der Waals surface area contributed by atoms with E-state index in [4.69, 9.17) is 4.74 Å². The topological polar surface area (TPSA) is 64.7 Å². The van der Waals surface area contributed by atoms with Crippen LogP contribution in [0.25, 0.3) is 0 Å². The van der Waals surface area contributed by atoms with Crippen molar-refractivity contribution in [1.82, 2.24) is 24.9 Å². The van der Waals surface area contributed by atoms with Crippen LogP contribution >= 0.6 is 0 Å². The summed E-state index contributed by atoms with van der Waals surface area (Å²) in [6.07, 6.45) is 6.10. The highest BCUT2D eigenvalue weighted by Crippen LogP contribution is 2.11. The Bertz CT molecular complexity index is 493. The third-order valence-corrected chi connectivity index (χ3v) is 5.13. The van der Waals surface area contributed by atoms with Crippen LogP contribution in [0.2, 0.25) is 0 Å².